The van der Waals surface area contributed by atoms with Crippen LogP contribution < -0.4 is 0 Å². The predicted octanol–water partition coefficient (Wildman–Crippen LogP) is 4.33. The van der Waals surface area contributed by atoms with Crippen molar-refractivity contribution in [2.24, 2.45) is 18.4 Å². The number of hydrogen-bond acceptors (Lipinski definition) is 7. The lowest BCUT2D eigenvalue weighted by atomic mass is 9.70. The molecule has 1 spiro atoms. The number of aromatic nitrogens is 3. The van der Waals surface area contributed by atoms with Crippen LogP contribution in [0.2, 0.25) is 0 Å². The first-order valence-electron chi connectivity index (χ1n) is 14.3. The third-order valence-electron chi connectivity index (χ3n) is 7.63. The summed E-state index contributed by atoms with van der Waals surface area (Å²) in [4.78, 5) is 49.4. The van der Waals surface area contributed by atoms with Crippen LogP contribution in [0.15, 0.2) is 36.8 Å². The maximum absolute atomic E-state index is 13.8. The normalized spacial score (nSPS) is 21.1. The summed E-state index contributed by atoms with van der Waals surface area (Å²) in [6.07, 6.45) is -4.98. The van der Waals surface area contributed by atoms with Crippen LogP contribution in [0.25, 0.3) is 0 Å². The van der Waals surface area contributed by atoms with Gasteiger partial charge in [0.1, 0.15) is 0 Å². The number of amides is 1. The molecule has 1 amide bonds. The van der Waals surface area contributed by atoms with Gasteiger partial charge in [0.05, 0.1) is 5.41 Å². The summed E-state index contributed by atoms with van der Waals surface area (Å²) >= 11 is 0. The fourth-order valence-corrected chi connectivity index (χ4v) is 5.34. The third-order valence-corrected chi connectivity index (χ3v) is 7.63. The first kappa shape index (κ1) is 40.7. The number of piperidine rings is 1. The van der Waals surface area contributed by atoms with E-state index >= 15 is 0 Å². The topological polar surface area (TPSA) is 166 Å². The quantitative estimate of drug-likeness (QED) is 0.379. The second kappa shape index (κ2) is 16.3. The molecular weight excluding hydrogens is 689 g/mol. The molecule has 0 unspecified atom stereocenters. The highest BCUT2D eigenvalue weighted by atomic mass is 19.4. The molecule has 0 bridgehead atoms. The van der Waals surface area contributed by atoms with Crippen LogP contribution in [0.1, 0.15) is 42.9 Å². The highest BCUT2D eigenvalue weighted by Crippen LogP contribution is 2.50. The summed E-state index contributed by atoms with van der Waals surface area (Å²) in [7, 11) is 2.00. The van der Waals surface area contributed by atoms with E-state index in [1.807, 2.05) is 36.4 Å². The molecule has 5 rings (SSSR count). The summed E-state index contributed by atoms with van der Waals surface area (Å²) in [6.45, 7) is 4.47. The molecule has 49 heavy (non-hydrogen) atoms. The van der Waals surface area contributed by atoms with Crippen LogP contribution in [-0.2, 0) is 32.8 Å². The van der Waals surface area contributed by atoms with E-state index in [-0.39, 0.29) is 11.3 Å². The van der Waals surface area contributed by atoms with Crippen molar-refractivity contribution in [2.75, 3.05) is 26.2 Å². The number of carbonyl (C=O) groups excluding carboxylic acids is 1. The monoisotopic (exact) mass is 721 g/mol. The van der Waals surface area contributed by atoms with Crippen LogP contribution in [0, 0.1) is 11.3 Å². The van der Waals surface area contributed by atoms with Crippen molar-refractivity contribution in [2.45, 2.75) is 56.7 Å². The number of carbonyl (C=O) groups is 4. The van der Waals surface area contributed by atoms with Gasteiger partial charge in [-0.2, -0.15) is 44.6 Å². The Balaban J connectivity index is 0.000000325. The molecule has 1 saturated carbocycles. The summed E-state index contributed by atoms with van der Waals surface area (Å²) < 4.78 is 97.2. The van der Waals surface area contributed by atoms with Crippen molar-refractivity contribution in [1.82, 2.24) is 24.6 Å². The molecule has 274 valence electrons. The number of likely N-dealkylation sites (tertiary alicyclic amines) is 2. The standard InChI is InChI=1S/C22H29N5O.3C2HF3O2/c1-25-20(7-10-24-25)19-15-26(13-18-4-2-9-23-12-18)16-22(19)8-3-11-27(21(22)28)14-17-5-6-17;3*3-2(4,5)1(6)7/h2,4,7,9-10,12,17,19H,3,5-6,8,11,13-16H2,1H3;3*(H,6,7)/t19-,22+;;;/m0.../s1. The number of alkyl halides is 9. The highest BCUT2D eigenvalue weighted by Gasteiger charge is 2.56. The molecule has 2 aliphatic heterocycles. The molecule has 0 radical (unpaired) electrons. The maximum atomic E-state index is 13.8. The van der Waals surface area contributed by atoms with Crippen LogP contribution in [0.5, 0.6) is 0 Å². The second-order valence-electron chi connectivity index (χ2n) is 11.3. The van der Waals surface area contributed by atoms with Crippen molar-refractivity contribution in [1.29, 1.82) is 0 Å². The van der Waals surface area contributed by atoms with E-state index in [1.165, 1.54) is 24.1 Å². The summed E-state index contributed by atoms with van der Waals surface area (Å²) in [6, 6.07) is 6.22. The minimum Gasteiger partial charge on any atom is -0.475 e. The Bertz CT molecular complexity index is 1370. The maximum Gasteiger partial charge on any atom is 0.490 e. The lowest BCUT2D eigenvalue weighted by Crippen LogP contribution is -2.52. The molecular formula is C28H32F9N5O7. The number of nitrogens with zero attached hydrogens (tertiary/aromatic N) is 5. The Morgan fingerprint density at radius 2 is 1.43 bits per heavy atom. The minimum atomic E-state index is -5.08. The van der Waals surface area contributed by atoms with Gasteiger partial charge >= 0.3 is 36.4 Å². The van der Waals surface area contributed by atoms with E-state index in [0.717, 1.165) is 51.5 Å². The van der Waals surface area contributed by atoms with Crippen molar-refractivity contribution in [3.63, 3.8) is 0 Å². The van der Waals surface area contributed by atoms with Gasteiger partial charge in [-0.15, -0.1) is 0 Å². The number of rotatable bonds is 5. The Morgan fingerprint density at radius 3 is 1.84 bits per heavy atom. The zero-order valence-electron chi connectivity index (χ0n) is 25.6. The largest absolute Gasteiger partial charge is 0.490 e. The molecule has 2 aromatic heterocycles. The van der Waals surface area contributed by atoms with Crippen LogP contribution in [0.4, 0.5) is 39.5 Å². The average molecular weight is 722 g/mol. The van der Waals surface area contributed by atoms with E-state index in [1.54, 1.807) is 0 Å². The molecule has 3 fully saturated rings. The Morgan fingerprint density at radius 1 is 0.898 bits per heavy atom. The number of carboxylic acid groups (broad SMARTS) is 3. The fourth-order valence-electron chi connectivity index (χ4n) is 5.34. The smallest absolute Gasteiger partial charge is 0.475 e. The third kappa shape index (κ3) is 12.2. The van der Waals surface area contributed by atoms with Gasteiger partial charge in [0.25, 0.3) is 0 Å². The van der Waals surface area contributed by atoms with Gasteiger partial charge in [-0.1, -0.05) is 6.07 Å². The summed E-state index contributed by atoms with van der Waals surface area (Å²) in [5.41, 5.74) is 2.08. The Hall–Kier alpha value is -4.43. The number of carboxylic acids is 3. The van der Waals surface area contributed by atoms with Crippen molar-refractivity contribution >= 4 is 23.8 Å². The highest BCUT2D eigenvalue weighted by molar-refractivity contribution is 5.85. The summed E-state index contributed by atoms with van der Waals surface area (Å²) in [5.74, 6) is -6.95. The first-order valence-corrected chi connectivity index (χ1v) is 14.3. The number of aryl methyl sites for hydroxylation is 1. The predicted molar refractivity (Wildman–Crippen MR) is 148 cm³/mol. The fraction of sp³-hybridized carbons (Fsp3) is 0.571. The van der Waals surface area contributed by atoms with Crippen molar-refractivity contribution in [3.05, 3.63) is 48.0 Å². The van der Waals surface area contributed by atoms with E-state index in [2.05, 4.69) is 32.0 Å². The average Bonchev–Trinajstić information content (AvgIpc) is 3.59. The van der Waals surface area contributed by atoms with Crippen molar-refractivity contribution < 1.29 is 74.0 Å². The van der Waals surface area contributed by atoms with Crippen LogP contribution in [-0.4, -0.2) is 108 Å². The lowest BCUT2D eigenvalue weighted by Gasteiger charge is -2.42. The van der Waals surface area contributed by atoms with Gasteiger partial charge in [0.15, 0.2) is 0 Å². The first-order chi connectivity index (χ1) is 22.5. The van der Waals surface area contributed by atoms with Gasteiger partial charge < -0.3 is 20.2 Å². The Kier molecular flexibility index (Phi) is 13.6. The van der Waals surface area contributed by atoms with E-state index in [9.17, 15) is 44.3 Å². The zero-order chi connectivity index (χ0) is 37.4. The number of halogens is 9. The minimum absolute atomic E-state index is 0.200. The summed E-state index contributed by atoms with van der Waals surface area (Å²) in [5, 5.41) is 25.8. The van der Waals surface area contributed by atoms with E-state index < -0.39 is 36.4 Å². The molecule has 1 aliphatic carbocycles. The van der Waals surface area contributed by atoms with Gasteiger partial charge in [0.2, 0.25) is 5.91 Å². The second-order valence-corrected chi connectivity index (χ2v) is 11.3. The molecule has 2 atom stereocenters. The molecule has 12 nitrogen and oxygen atoms in total. The number of pyridine rings is 1. The van der Waals surface area contributed by atoms with Crippen LogP contribution >= 0.6 is 0 Å². The molecule has 2 saturated heterocycles. The SMILES string of the molecule is Cn1nccc1[C@@H]1CN(Cc2cccnc2)C[C@]12CCCN(CC1CC1)C2=O.O=C(O)C(F)(F)F.O=C(O)C(F)(F)F.O=C(O)C(F)(F)F. The molecule has 3 aliphatic rings. The van der Waals surface area contributed by atoms with Gasteiger partial charge in [-0.05, 0) is 49.3 Å². The van der Waals surface area contributed by atoms with Crippen molar-refractivity contribution in [3.8, 4) is 0 Å². The van der Waals surface area contributed by atoms with Gasteiger partial charge in [0, 0.05) is 70.0 Å². The van der Waals surface area contributed by atoms with Crippen LogP contribution in [0.3, 0.4) is 0 Å². The lowest BCUT2D eigenvalue weighted by molar-refractivity contribution is -0.193. The molecule has 3 N–H and O–H groups in total. The molecule has 4 heterocycles. The van der Waals surface area contributed by atoms with Gasteiger partial charge in [-0.25, -0.2) is 14.4 Å². The number of aliphatic carboxylic acids is 3. The molecule has 21 heteroatoms. The Labute approximate surface area is 272 Å². The zero-order valence-corrected chi connectivity index (χ0v) is 25.6. The van der Waals surface area contributed by atoms with E-state index in [4.69, 9.17) is 29.7 Å². The molecule has 2 aromatic rings. The molecule has 0 aromatic carbocycles. The van der Waals surface area contributed by atoms with Gasteiger partial charge in [-0.3, -0.25) is 19.4 Å². The number of hydrogen-bond donors (Lipinski definition) is 3. The van der Waals surface area contributed by atoms with E-state index in [0.29, 0.717) is 5.91 Å².